The van der Waals surface area contributed by atoms with Gasteiger partial charge in [0.15, 0.2) is 0 Å². The summed E-state index contributed by atoms with van der Waals surface area (Å²) in [5, 5.41) is 9.31. The molecule has 56 heavy (non-hydrogen) atoms. The number of hydrogen-bond donors (Lipinski definition) is 2. The molecular weight excluding hydrogens is 701 g/mol. The molecule has 12 rings (SSSR count). The summed E-state index contributed by atoms with van der Waals surface area (Å²) in [5.74, 6) is 1.85. The fraction of sp³-hybridized carbons (Fsp3) is 0.0980. The molecule has 1 spiro atoms. The van der Waals surface area contributed by atoms with Crippen LogP contribution in [-0.2, 0) is 5.41 Å². The van der Waals surface area contributed by atoms with Gasteiger partial charge in [0.2, 0.25) is 0 Å². The van der Waals surface area contributed by atoms with Gasteiger partial charge >= 0.3 is 0 Å². The van der Waals surface area contributed by atoms with Crippen molar-refractivity contribution in [1.29, 1.82) is 0 Å². The first-order chi connectivity index (χ1) is 27.8. The highest BCUT2D eigenvalue weighted by molar-refractivity contribution is 7.26. The minimum atomic E-state index is -0.442. The van der Waals surface area contributed by atoms with Gasteiger partial charge < -0.3 is 10.6 Å². The third-order valence-corrected chi connectivity index (χ3v) is 13.6. The van der Waals surface area contributed by atoms with Crippen molar-refractivity contribution >= 4 is 54.3 Å². The van der Waals surface area contributed by atoms with E-state index in [1.807, 2.05) is 35.9 Å². The minimum Gasteiger partial charge on any atom is -0.347 e. The topological polar surface area (TPSA) is 48.8 Å². The van der Waals surface area contributed by atoms with Crippen LogP contribution in [-0.4, -0.2) is 24.8 Å². The summed E-state index contributed by atoms with van der Waals surface area (Å²) < 4.78 is 2.72. The molecule has 0 radical (unpaired) electrons. The Kier molecular flexibility index (Phi) is 6.93. The zero-order valence-electron chi connectivity index (χ0n) is 30.6. The molecule has 0 bridgehead atoms. The molecule has 3 aliphatic carbocycles. The smallest absolute Gasteiger partial charge is 0.132 e. The number of hydrogen-bond acceptors (Lipinski definition) is 5. The Morgan fingerprint density at radius 2 is 1.21 bits per heavy atom. The predicted octanol–water partition coefficient (Wildman–Crippen LogP) is 11.4. The summed E-state index contributed by atoms with van der Waals surface area (Å²) in [5.41, 5.74) is 18.1. The summed E-state index contributed by atoms with van der Waals surface area (Å²) in [6.45, 7) is 1.42. The molecule has 5 heteroatoms. The molecule has 2 N–H and O–H groups in total. The maximum absolute atomic E-state index is 4.68. The highest BCUT2D eigenvalue weighted by atomic mass is 32.1. The van der Waals surface area contributed by atoms with E-state index in [1.165, 1.54) is 87.0 Å². The highest BCUT2D eigenvalue weighted by Gasteiger charge is 2.53. The van der Waals surface area contributed by atoms with E-state index in [9.17, 15) is 0 Å². The quantitative estimate of drug-likeness (QED) is 0.189. The second-order valence-corrected chi connectivity index (χ2v) is 16.3. The number of rotatable bonds is 4. The van der Waals surface area contributed by atoms with E-state index in [2.05, 4.69) is 154 Å². The Hall–Kier alpha value is -6.56. The van der Waals surface area contributed by atoms with Gasteiger partial charge in [-0.05, 0) is 98.4 Å². The molecular formula is C51H36N4S. The Bertz CT molecular complexity index is 3010. The van der Waals surface area contributed by atoms with Crippen molar-refractivity contribution in [2.75, 3.05) is 13.1 Å². The number of benzene rings is 6. The molecule has 0 amide bonds. The van der Waals surface area contributed by atoms with Crippen molar-refractivity contribution < 1.29 is 0 Å². The van der Waals surface area contributed by atoms with Gasteiger partial charge in [-0.2, -0.15) is 0 Å². The van der Waals surface area contributed by atoms with Gasteiger partial charge in [-0.1, -0.05) is 121 Å². The molecule has 7 aromatic rings. The molecule has 1 atom stereocenters. The normalized spacial score (nSPS) is 18.9. The largest absolute Gasteiger partial charge is 0.347 e. The first-order valence-electron chi connectivity index (χ1n) is 19.5. The zero-order chi connectivity index (χ0) is 36.8. The van der Waals surface area contributed by atoms with Crippen LogP contribution in [0, 0.1) is 0 Å². The van der Waals surface area contributed by atoms with Crippen molar-refractivity contribution in [2.45, 2.75) is 18.3 Å². The van der Waals surface area contributed by atoms with E-state index >= 15 is 0 Å². The van der Waals surface area contributed by atoms with Crippen molar-refractivity contribution in [2.24, 2.45) is 9.98 Å². The van der Waals surface area contributed by atoms with Gasteiger partial charge in [0, 0.05) is 49.3 Å². The molecule has 0 saturated carbocycles. The molecule has 1 aromatic heterocycles. The van der Waals surface area contributed by atoms with E-state index in [0.717, 1.165) is 35.6 Å². The van der Waals surface area contributed by atoms with Crippen LogP contribution in [0.3, 0.4) is 0 Å². The van der Waals surface area contributed by atoms with Crippen molar-refractivity contribution in [3.8, 4) is 22.3 Å². The van der Waals surface area contributed by atoms with Crippen molar-refractivity contribution in [1.82, 2.24) is 10.6 Å². The van der Waals surface area contributed by atoms with Gasteiger partial charge in [-0.15, -0.1) is 11.3 Å². The van der Waals surface area contributed by atoms with Crippen LogP contribution in [0.1, 0.15) is 51.8 Å². The molecule has 0 saturated heterocycles. The molecule has 266 valence electrons. The number of aliphatic imine (C=N–C) groups is 2. The lowest BCUT2D eigenvalue weighted by Gasteiger charge is -2.33. The average molecular weight is 737 g/mol. The van der Waals surface area contributed by atoms with Gasteiger partial charge in [0.05, 0.1) is 18.5 Å². The maximum Gasteiger partial charge on any atom is 0.132 e. The summed E-state index contributed by atoms with van der Waals surface area (Å²) in [4.78, 5) is 9.34. The van der Waals surface area contributed by atoms with Gasteiger partial charge in [0.1, 0.15) is 11.7 Å². The number of thiophene rings is 1. The lowest BCUT2D eigenvalue weighted by atomic mass is 9.68. The third kappa shape index (κ3) is 4.52. The van der Waals surface area contributed by atoms with E-state index in [-0.39, 0.29) is 0 Å². The van der Waals surface area contributed by atoms with Crippen LogP contribution in [0.2, 0.25) is 0 Å². The Labute approximate surface area is 329 Å². The number of nitrogens with one attached hydrogen (secondary N) is 2. The van der Waals surface area contributed by atoms with Gasteiger partial charge in [-0.3, -0.25) is 9.98 Å². The molecule has 4 nitrogen and oxygen atoms in total. The maximum atomic E-state index is 4.68. The van der Waals surface area contributed by atoms with E-state index < -0.39 is 5.41 Å². The Morgan fingerprint density at radius 3 is 1.96 bits per heavy atom. The van der Waals surface area contributed by atoms with Gasteiger partial charge in [-0.25, -0.2) is 0 Å². The summed E-state index contributed by atoms with van der Waals surface area (Å²) in [7, 11) is 0. The van der Waals surface area contributed by atoms with Crippen molar-refractivity contribution in [3.05, 3.63) is 203 Å². The number of fused-ring (bicyclic) bond motifs is 13. The molecule has 2 aliphatic heterocycles. The van der Waals surface area contributed by atoms with Crippen molar-refractivity contribution in [3.63, 3.8) is 0 Å². The lowest BCUT2D eigenvalue weighted by molar-refractivity contribution is 0.783. The highest BCUT2D eigenvalue weighted by Crippen LogP contribution is 2.66. The Morgan fingerprint density at radius 1 is 0.536 bits per heavy atom. The summed E-state index contributed by atoms with van der Waals surface area (Å²) >= 11 is 1.94. The van der Waals surface area contributed by atoms with Crippen LogP contribution >= 0.6 is 11.3 Å². The molecule has 6 aromatic carbocycles. The second kappa shape index (κ2) is 12.2. The number of nitrogens with zero attached hydrogens (tertiary/aromatic N) is 2. The SMILES string of the molecule is C1=CNC(c2ccc(C3=CC4=C(CC3)c3ccc(-c5ccc(C6=NCC=CN6)cc5)cc3C43c4ccccc4-c4c3ccc3c4sc4ccccc43)cc2)=NC1. The first-order valence-corrected chi connectivity index (χ1v) is 20.3. The van der Waals surface area contributed by atoms with Gasteiger partial charge in [0.25, 0.3) is 0 Å². The summed E-state index contributed by atoms with van der Waals surface area (Å²) in [6, 6.07) is 48.2. The molecule has 0 fully saturated rings. The second-order valence-electron chi connectivity index (χ2n) is 15.2. The van der Waals surface area contributed by atoms with E-state index in [1.54, 1.807) is 0 Å². The predicted molar refractivity (Wildman–Crippen MR) is 234 cm³/mol. The fourth-order valence-electron chi connectivity index (χ4n) is 9.91. The molecule has 3 heterocycles. The number of allylic oxidation sites excluding steroid dienone is 4. The average Bonchev–Trinajstić information content (AvgIpc) is 3.91. The standard InChI is InChI=1S/C51H36N4S/c1-3-9-42-41(8-1)47-43(24-23-40-39-7-2-4-10-46(39)56-48(40)47)51(42)44-29-35(31-11-15-33(16-12-31)49-52-25-5-26-53-49)19-21-37(44)38-22-20-36(30-45(38)51)32-13-17-34(18-14-32)50-54-27-6-28-55-50/h1-19,21,23-25,27,29-30H,20,22,26,28H2,(H,52,53)(H,54,55). The molecule has 1 unspecified atom stereocenters. The third-order valence-electron chi connectivity index (χ3n) is 12.4. The Balaban J connectivity index is 1.07. The molecule has 5 aliphatic rings. The van der Waals surface area contributed by atoms with Crippen LogP contribution < -0.4 is 10.6 Å². The van der Waals surface area contributed by atoms with E-state index in [4.69, 9.17) is 0 Å². The minimum absolute atomic E-state index is 0.442. The zero-order valence-corrected chi connectivity index (χ0v) is 31.5. The van der Waals surface area contributed by atoms with Crippen LogP contribution in [0.15, 0.2) is 174 Å². The monoisotopic (exact) mass is 736 g/mol. The summed E-state index contributed by atoms with van der Waals surface area (Å²) in [6.07, 6.45) is 12.6. The van der Waals surface area contributed by atoms with Crippen LogP contribution in [0.5, 0.6) is 0 Å². The fourth-order valence-corrected chi connectivity index (χ4v) is 11.2. The first kappa shape index (κ1) is 31.8. The lowest BCUT2D eigenvalue weighted by Crippen LogP contribution is -2.27. The van der Waals surface area contributed by atoms with Crippen LogP contribution in [0.4, 0.5) is 0 Å². The van der Waals surface area contributed by atoms with Crippen LogP contribution in [0.25, 0.3) is 53.6 Å². The number of amidine groups is 2. The van der Waals surface area contributed by atoms with E-state index in [0.29, 0.717) is 13.1 Å².